The Labute approximate surface area is 178 Å². The van der Waals surface area contributed by atoms with Crippen molar-refractivity contribution in [2.75, 3.05) is 6.26 Å². The van der Waals surface area contributed by atoms with Crippen LogP contribution in [-0.2, 0) is 16.4 Å². The van der Waals surface area contributed by atoms with E-state index in [-0.39, 0.29) is 17.0 Å². The zero-order valence-corrected chi connectivity index (χ0v) is 17.4. The summed E-state index contributed by atoms with van der Waals surface area (Å²) in [6.07, 6.45) is 4.20. The van der Waals surface area contributed by atoms with E-state index in [1.807, 2.05) is 6.07 Å². The lowest BCUT2D eigenvalue weighted by Gasteiger charge is -2.15. The normalized spacial score (nSPS) is 11.4. The van der Waals surface area contributed by atoms with Crippen molar-refractivity contribution in [2.45, 2.75) is 11.4 Å². The van der Waals surface area contributed by atoms with Crippen LogP contribution in [0.2, 0.25) is 0 Å². The molecule has 0 radical (unpaired) electrons. The zero-order chi connectivity index (χ0) is 22.0. The van der Waals surface area contributed by atoms with Crippen LogP contribution in [0.5, 0.6) is 0 Å². The van der Waals surface area contributed by atoms with Crippen molar-refractivity contribution in [3.8, 4) is 22.3 Å². The van der Waals surface area contributed by atoms with Gasteiger partial charge in [-0.15, -0.1) is 0 Å². The highest BCUT2D eigenvalue weighted by Gasteiger charge is 2.21. The summed E-state index contributed by atoms with van der Waals surface area (Å²) in [5.41, 5.74) is 1.63. The Morgan fingerprint density at radius 2 is 1.65 bits per heavy atom. The maximum atomic E-state index is 13.5. The van der Waals surface area contributed by atoms with E-state index in [2.05, 4.69) is 10.1 Å². The molecular weight excluding hydrogens is 417 g/mol. The minimum absolute atomic E-state index is 0.0852. The summed E-state index contributed by atoms with van der Waals surface area (Å²) in [6, 6.07) is 17.3. The maximum absolute atomic E-state index is 13.5. The van der Waals surface area contributed by atoms with Crippen molar-refractivity contribution < 1.29 is 12.8 Å². The summed E-state index contributed by atoms with van der Waals surface area (Å²) < 4.78 is 39.5. The van der Waals surface area contributed by atoms with Crippen LogP contribution in [0.25, 0.3) is 22.3 Å². The average molecular weight is 435 g/mol. The van der Waals surface area contributed by atoms with E-state index >= 15 is 0 Å². The van der Waals surface area contributed by atoms with Crippen LogP contribution in [-0.4, -0.2) is 29.4 Å². The van der Waals surface area contributed by atoms with Gasteiger partial charge in [0.25, 0.3) is 5.56 Å². The minimum Gasteiger partial charge on any atom is -0.267 e. The molecule has 31 heavy (non-hydrogen) atoms. The first-order chi connectivity index (χ1) is 14.8. The number of pyridine rings is 1. The van der Waals surface area contributed by atoms with Crippen molar-refractivity contribution in [2.24, 2.45) is 0 Å². The molecule has 2 aromatic heterocycles. The molecule has 0 bridgehead atoms. The van der Waals surface area contributed by atoms with E-state index in [1.165, 1.54) is 41.2 Å². The largest absolute Gasteiger partial charge is 0.275 e. The molecule has 8 heteroatoms. The number of halogens is 1. The quantitative estimate of drug-likeness (QED) is 0.479. The molecule has 0 unspecified atom stereocenters. The Hall–Kier alpha value is -3.65. The number of hydrogen-bond donors (Lipinski definition) is 0. The van der Waals surface area contributed by atoms with E-state index in [4.69, 9.17) is 0 Å². The molecule has 156 valence electrons. The Morgan fingerprint density at radius 1 is 0.935 bits per heavy atom. The average Bonchev–Trinajstić information content (AvgIpc) is 2.76. The molecule has 0 aliphatic heterocycles. The monoisotopic (exact) mass is 435 g/mol. The zero-order valence-electron chi connectivity index (χ0n) is 16.6. The van der Waals surface area contributed by atoms with E-state index in [1.54, 1.807) is 36.5 Å². The highest BCUT2D eigenvalue weighted by Crippen LogP contribution is 2.33. The third-order valence-corrected chi connectivity index (χ3v) is 5.95. The van der Waals surface area contributed by atoms with E-state index in [0.29, 0.717) is 22.4 Å². The molecule has 0 saturated carbocycles. The molecule has 2 aromatic carbocycles. The number of hydrogen-bond acceptors (Lipinski definition) is 5. The van der Waals surface area contributed by atoms with Gasteiger partial charge in [-0.05, 0) is 35.9 Å². The second-order valence-electron chi connectivity index (χ2n) is 6.99. The molecule has 0 atom stereocenters. The fourth-order valence-corrected chi connectivity index (χ4v) is 4.26. The first-order valence-corrected chi connectivity index (χ1v) is 11.3. The SMILES string of the molecule is CS(=O)(=O)c1ccccc1-c1cnn(Cc2ccccn2)c(=O)c1-c1ccc(F)cc1. The van der Waals surface area contributed by atoms with Gasteiger partial charge in [-0.3, -0.25) is 9.78 Å². The Kier molecular flexibility index (Phi) is 5.48. The maximum Gasteiger partial charge on any atom is 0.275 e. The Morgan fingerprint density at radius 3 is 2.32 bits per heavy atom. The fourth-order valence-electron chi connectivity index (χ4n) is 3.36. The van der Waals surface area contributed by atoms with Crippen molar-refractivity contribution in [3.63, 3.8) is 0 Å². The number of benzene rings is 2. The van der Waals surface area contributed by atoms with Gasteiger partial charge in [-0.2, -0.15) is 5.10 Å². The molecule has 0 N–H and O–H groups in total. The summed E-state index contributed by atoms with van der Waals surface area (Å²) >= 11 is 0. The second-order valence-corrected chi connectivity index (χ2v) is 8.98. The summed E-state index contributed by atoms with van der Waals surface area (Å²) in [5, 5.41) is 4.27. The number of rotatable bonds is 5. The number of aromatic nitrogens is 3. The van der Waals surface area contributed by atoms with Gasteiger partial charge in [0.1, 0.15) is 5.82 Å². The van der Waals surface area contributed by atoms with Crippen molar-refractivity contribution in [3.05, 3.63) is 101 Å². The lowest BCUT2D eigenvalue weighted by atomic mass is 9.97. The van der Waals surface area contributed by atoms with Crippen molar-refractivity contribution >= 4 is 9.84 Å². The Balaban J connectivity index is 1.98. The number of sulfone groups is 1. The minimum atomic E-state index is -3.57. The van der Waals surface area contributed by atoms with Gasteiger partial charge in [-0.25, -0.2) is 17.5 Å². The van der Waals surface area contributed by atoms with Crippen LogP contribution < -0.4 is 5.56 Å². The van der Waals surface area contributed by atoms with Gasteiger partial charge < -0.3 is 0 Å². The van der Waals surface area contributed by atoms with Crippen LogP contribution in [0.15, 0.2) is 88.8 Å². The summed E-state index contributed by atoms with van der Waals surface area (Å²) in [6.45, 7) is 0.141. The number of nitrogens with zero attached hydrogens (tertiary/aromatic N) is 3. The second kappa shape index (κ2) is 8.23. The van der Waals surface area contributed by atoms with Crippen LogP contribution in [0.1, 0.15) is 5.69 Å². The molecule has 0 saturated heterocycles. The van der Waals surface area contributed by atoms with Crippen molar-refractivity contribution in [1.82, 2.24) is 14.8 Å². The molecule has 2 heterocycles. The Bertz CT molecular complexity index is 1400. The summed E-state index contributed by atoms with van der Waals surface area (Å²) in [4.78, 5) is 17.8. The van der Waals surface area contributed by atoms with Crippen LogP contribution in [0.3, 0.4) is 0 Å². The van der Waals surface area contributed by atoms with Crippen LogP contribution >= 0.6 is 0 Å². The molecule has 4 aromatic rings. The van der Waals surface area contributed by atoms with Gasteiger partial charge >= 0.3 is 0 Å². The van der Waals surface area contributed by atoms with Gasteiger partial charge in [0.2, 0.25) is 0 Å². The van der Waals surface area contributed by atoms with E-state index in [0.717, 1.165) is 6.26 Å². The van der Waals surface area contributed by atoms with Gasteiger partial charge in [0.15, 0.2) is 9.84 Å². The van der Waals surface area contributed by atoms with Gasteiger partial charge in [0.05, 0.1) is 28.9 Å². The molecule has 0 fully saturated rings. The van der Waals surface area contributed by atoms with Crippen LogP contribution in [0.4, 0.5) is 4.39 Å². The third-order valence-electron chi connectivity index (χ3n) is 4.79. The first kappa shape index (κ1) is 20.6. The molecule has 0 amide bonds. The van der Waals surface area contributed by atoms with E-state index in [9.17, 15) is 17.6 Å². The smallest absolute Gasteiger partial charge is 0.267 e. The third kappa shape index (κ3) is 4.29. The molecular formula is C23H18FN3O3S. The molecule has 0 aliphatic rings. The lowest BCUT2D eigenvalue weighted by molar-refractivity contribution is 0.602. The van der Waals surface area contributed by atoms with E-state index < -0.39 is 21.2 Å². The van der Waals surface area contributed by atoms with Crippen molar-refractivity contribution in [1.29, 1.82) is 0 Å². The predicted octanol–water partition coefficient (Wildman–Crippen LogP) is 3.56. The highest BCUT2D eigenvalue weighted by molar-refractivity contribution is 7.90. The van der Waals surface area contributed by atoms with Gasteiger partial charge in [0, 0.05) is 23.6 Å². The molecule has 0 spiro atoms. The molecule has 4 rings (SSSR count). The topological polar surface area (TPSA) is 81.9 Å². The first-order valence-electron chi connectivity index (χ1n) is 9.40. The lowest BCUT2D eigenvalue weighted by Crippen LogP contribution is -2.26. The molecule has 6 nitrogen and oxygen atoms in total. The fraction of sp³-hybridized carbons (Fsp3) is 0.0870. The highest BCUT2D eigenvalue weighted by atomic mass is 32.2. The summed E-state index contributed by atoms with van der Waals surface area (Å²) in [5.74, 6) is -0.440. The van der Waals surface area contributed by atoms with Crippen LogP contribution in [0, 0.1) is 5.82 Å². The predicted molar refractivity (Wildman–Crippen MR) is 116 cm³/mol. The van der Waals surface area contributed by atoms with Gasteiger partial charge in [-0.1, -0.05) is 36.4 Å². The standard InChI is InChI=1S/C23H18FN3O3S/c1-31(29,30)21-8-3-2-7-19(21)20-14-26-27(15-18-6-4-5-13-25-18)23(28)22(20)16-9-11-17(24)12-10-16/h2-14H,15H2,1H3. The summed E-state index contributed by atoms with van der Waals surface area (Å²) in [7, 11) is -3.57. The molecule has 0 aliphatic carbocycles.